The number of carbonyl (C=O) groups excluding carboxylic acids is 1. The summed E-state index contributed by atoms with van der Waals surface area (Å²) in [5.41, 5.74) is 1.25. The zero-order valence-electron chi connectivity index (χ0n) is 15.1. The number of para-hydroxylation sites is 1. The average Bonchev–Trinajstić information content (AvgIpc) is 2.67. The minimum atomic E-state index is -3.50. The van der Waals surface area contributed by atoms with E-state index in [4.69, 9.17) is 0 Å². The van der Waals surface area contributed by atoms with Gasteiger partial charge in [-0.25, -0.2) is 8.42 Å². The summed E-state index contributed by atoms with van der Waals surface area (Å²) in [5.74, 6) is 0.200. The fourth-order valence-electron chi connectivity index (χ4n) is 3.25. The van der Waals surface area contributed by atoms with Crippen molar-refractivity contribution in [1.82, 2.24) is 4.31 Å². The van der Waals surface area contributed by atoms with Crippen molar-refractivity contribution in [3.8, 4) is 0 Å². The molecular formula is C20H24N2O3S. The van der Waals surface area contributed by atoms with Crippen molar-refractivity contribution in [2.45, 2.75) is 24.7 Å². The van der Waals surface area contributed by atoms with Gasteiger partial charge < -0.3 is 4.90 Å². The Morgan fingerprint density at radius 2 is 1.73 bits per heavy atom. The molecule has 0 saturated carbocycles. The Bertz CT molecular complexity index is 864. The normalized spacial score (nSPS) is 18.5. The summed E-state index contributed by atoms with van der Waals surface area (Å²) in [6.07, 6.45) is 1.95. The number of nitrogens with zero attached hydrogens (tertiary/aromatic N) is 2. The lowest BCUT2D eigenvalue weighted by Crippen LogP contribution is -2.39. The average molecular weight is 372 g/mol. The number of hydrogen-bond acceptors (Lipinski definition) is 3. The highest BCUT2D eigenvalue weighted by molar-refractivity contribution is 7.89. The first kappa shape index (κ1) is 18.6. The number of anilines is 1. The van der Waals surface area contributed by atoms with Crippen LogP contribution in [0, 0.1) is 5.92 Å². The maximum absolute atomic E-state index is 12.8. The Kier molecular flexibility index (Phi) is 5.44. The fraction of sp³-hybridized carbons (Fsp3) is 0.350. The first-order chi connectivity index (χ1) is 12.4. The van der Waals surface area contributed by atoms with Crippen molar-refractivity contribution in [1.29, 1.82) is 0 Å². The SMILES string of the molecule is C[C@@H]1CCCN(S(=O)(=O)c2ccc(C(=O)N(C)c3ccccc3)cc2)C1. The molecule has 1 aliphatic rings. The first-order valence-electron chi connectivity index (χ1n) is 8.83. The van der Waals surface area contributed by atoms with Gasteiger partial charge >= 0.3 is 0 Å². The molecule has 1 aliphatic heterocycles. The molecule has 138 valence electrons. The Morgan fingerprint density at radius 3 is 2.35 bits per heavy atom. The van der Waals surface area contributed by atoms with Gasteiger partial charge in [-0.1, -0.05) is 25.1 Å². The van der Waals surface area contributed by atoms with Crippen molar-refractivity contribution < 1.29 is 13.2 Å². The van der Waals surface area contributed by atoms with Crippen molar-refractivity contribution in [2.75, 3.05) is 25.0 Å². The molecule has 0 aromatic heterocycles. The van der Waals surface area contributed by atoms with Gasteiger partial charge in [0.2, 0.25) is 10.0 Å². The van der Waals surface area contributed by atoms with E-state index in [1.165, 1.54) is 12.1 Å². The molecule has 0 N–H and O–H groups in total. The molecule has 1 saturated heterocycles. The van der Waals surface area contributed by atoms with E-state index in [1.807, 2.05) is 30.3 Å². The highest BCUT2D eigenvalue weighted by atomic mass is 32.2. The molecule has 3 rings (SSSR count). The molecule has 26 heavy (non-hydrogen) atoms. The van der Waals surface area contributed by atoms with E-state index in [-0.39, 0.29) is 10.8 Å². The molecule has 6 heteroatoms. The van der Waals surface area contributed by atoms with Crippen LogP contribution in [0.1, 0.15) is 30.1 Å². The Hall–Kier alpha value is -2.18. The molecule has 0 unspecified atom stereocenters. The van der Waals surface area contributed by atoms with E-state index >= 15 is 0 Å². The number of piperidine rings is 1. The fourth-order valence-corrected chi connectivity index (χ4v) is 4.84. The minimum absolute atomic E-state index is 0.174. The molecule has 0 bridgehead atoms. The maximum Gasteiger partial charge on any atom is 0.258 e. The second-order valence-corrected chi connectivity index (χ2v) is 8.77. The highest BCUT2D eigenvalue weighted by Crippen LogP contribution is 2.24. The number of sulfonamides is 1. The lowest BCUT2D eigenvalue weighted by atomic mass is 10.0. The summed E-state index contributed by atoms with van der Waals surface area (Å²) in [7, 11) is -1.80. The van der Waals surface area contributed by atoms with Gasteiger partial charge in [-0.15, -0.1) is 0 Å². The van der Waals surface area contributed by atoms with Gasteiger partial charge in [0.25, 0.3) is 5.91 Å². The second kappa shape index (κ2) is 7.60. The quantitative estimate of drug-likeness (QED) is 0.827. The Labute approximate surface area is 155 Å². The molecule has 0 spiro atoms. The van der Waals surface area contributed by atoms with Crippen LogP contribution in [0.4, 0.5) is 5.69 Å². The zero-order chi connectivity index (χ0) is 18.7. The Balaban J connectivity index is 1.79. The van der Waals surface area contributed by atoms with Crippen LogP contribution < -0.4 is 4.90 Å². The largest absolute Gasteiger partial charge is 0.311 e. The molecule has 2 aromatic carbocycles. The van der Waals surface area contributed by atoms with E-state index < -0.39 is 10.0 Å². The van der Waals surface area contributed by atoms with E-state index in [0.29, 0.717) is 24.6 Å². The monoisotopic (exact) mass is 372 g/mol. The van der Waals surface area contributed by atoms with Crippen LogP contribution in [0.5, 0.6) is 0 Å². The number of hydrogen-bond donors (Lipinski definition) is 0. The maximum atomic E-state index is 12.8. The summed E-state index contributed by atoms with van der Waals surface area (Å²) < 4.78 is 27.1. The van der Waals surface area contributed by atoms with E-state index in [0.717, 1.165) is 18.5 Å². The molecule has 0 radical (unpaired) electrons. The van der Waals surface area contributed by atoms with Crippen LogP contribution in [-0.2, 0) is 10.0 Å². The van der Waals surface area contributed by atoms with Crippen molar-refractivity contribution in [3.05, 3.63) is 60.2 Å². The Morgan fingerprint density at radius 1 is 1.08 bits per heavy atom. The van der Waals surface area contributed by atoms with Gasteiger partial charge in [0.05, 0.1) is 4.90 Å². The first-order valence-corrected chi connectivity index (χ1v) is 10.3. The summed E-state index contributed by atoms with van der Waals surface area (Å²) in [6.45, 7) is 3.19. The molecule has 1 amide bonds. The highest BCUT2D eigenvalue weighted by Gasteiger charge is 2.28. The van der Waals surface area contributed by atoms with Gasteiger partial charge in [0, 0.05) is 31.4 Å². The number of carbonyl (C=O) groups is 1. The van der Waals surface area contributed by atoms with Crippen LogP contribution in [0.3, 0.4) is 0 Å². The third kappa shape index (κ3) is 3.81. The van der Waals surface area contributed by atoms with Crippen molar-refractivity contribution in [3.63, 3.8) is 0 Å². The molecule has 1 atom stereocenters. The molecule has 1 heterocycles. The number of amides is 1. The van der Waals surface area contributed by atoms with Crippen molar-refractivity contribution in [2.24, 2.45) is 5.92 Å². The van der Waals surface area contributed by atoms with Gasteiger partial charge in [0.15, 0.2) is 0 Å². The summed E-state index contributed by atoms with van der Waals surface area (Å²) in [4.78, 5) is 14.4. The third-order valence-electron chi connectivity index (χ3n) is 4.81. The van der Waals surface area contributed by atoms with Crippen molar-refractivity contribution >= 4 is 21.6 Å². The van der Waals surface area contributed by atoms with Crippen LogP contribution in [0.15, 0.2) is 59.5 Å². The van der Waals surface area contributed by atoms with Gasteiger partial charge in [0.1, 0.15) is 0 Å². The lowest BCUT2D eigenvalue weighted by molar-refractivity contribution is 0.0993. The van der Waals surface area contributed by atoms with E-state index in [1.54, 1.807) is 28.4 Å². The second-order valence-electron chi connectivity index (χ2n) is 6.83. The zero-order valence-corrected chi connectivity index (χ0v) is 15.9. The number of benzene rings is 2. The van der Waals surface area contributed by atoms with E-state index in [2.05, 4.69) is 6.92 Å². The topological polar surface area (TPSA) is 57.7 Å². The van der Waals surface area contributed by atoms with E-state index in [9.17, 15) is 13.2 Å². The standard InChI is InChI=1S/C20H24N2O3S/c1-16-7-6-14-22(15-16)26(24,25)19-12-10-17(11-13-19)20(23)21(2)18-8-4-3-5-9-18/h3-5,8-13,16H,6-7,14-15H2,1-2H3/t16-/m1/s1. The van der Waals surface area contributed by atoms with Crippen LogP contribution in [-0.4, -0.2) is 38.8 Å². The van der Waals surface area contributed by atoms with Gasteiger partial charge in [-0.05, 0) is 55.2 Å². The van der Waals surface area contributed by atoms with Crippen LogP contribution in [0.2, 0.25) is 0 Å². The molecular weight excluding hydrogens is 348 g/mol. The summed E-state index contributed by atoms with van der Waals surface area (Å²) in [5, 5.41) is 0. The molecule has 2 aromatic rings. The predicted octanol–water partition coefficient (Wildman–Crippen LogP) is 3.38. The lowest BCUT2D eigenvalue weighted by Gasteiger charge is -2.30. The molecule has 0 aliphatic carbocycles. The van der Waals surface area contributed by atoms with Crippen LogP contribution >= 0.6 is 0 Å². The summed E-state index contributed by atoms with van der Waals surface area (Å²) >= 11 is 0. The van der Waals surface area contributed by atoms with Crippen LogP contribution in [0.25, 0.3) is 0 Å². The molecule has 1 fully saturated rings. The van der Waals surface area contributed by atoms with Gasteiger partial charge in [-0.2, -0.15) is 4.31 Å². The third-order valence-corrected chi connectivity index (χ3v) is 6.69. The molecule has 5 nitrogen and oxygen atoms in total. The summed E-state index contributed by atoms with van der Waals surface area (Å²) in [6, 6.07) is 15.6. The smallest absolute Gasteiger partial charge is 0.258 e. The predicted molar refractivity (Wildman–Crippen MR) is 103 cm³/mol. The van der Waals surface area contributed by atoms with Gasteiger partial charge in [-0.3, -0.25) is 4.79 Å². The minimum Gasteiger partial charge on any atom is -0.311 e. The number of rotatable bonds is 4.